The fraction of sp³-hybridized carbons (Fsp3) is 0.0769. The second kappa shape index (κ2) is 16.2. The Labute approximate surface area is 272 Å². The molecule has 208 valence electrons. The third kappa shape index (κ3) is 10.0. The van der Waals surface area contributed by atoms with Gasteiger partial charge in [0.05, 0.1) is 64.6 Å². The van der Waals surface area contributed by atoms with E-state index in [1.54, 1.807) is 45.8 Å². The van der Waals surface area contributed by atoms with Gasteiger partial charge in [0.15, 0.2) is 8.95 Å². The minimum Gasteiger partial charge on any atom is -0.399 e. The molecule has 3 N–H and O–H groups in total. The summed E-state index contributed by atoms with van der Waals surface area (Å²) in [6.45, 7) is 0.926. The summed E-state index contributed by atoms with van der Waals surface area (Å²) in [6, 6.07) is 17.7. The average molecular weight is 693 g/mol. The number of nitrogen functional groups attached to an aromatic ring is 1. The zero-order valence-corrected chi connectivity index (χ0v) is 27.3. The van der Waals surface area contributed by atoms with Crippen LogP contribution in [0.15, 0.2) is 81.1 Å². The molecular formula is C26H19Cl2N7S6. The van der Waals surface area contributed by atoms with Crippen LogP contribution in [0, 0.1) is 0 Å². The molecule has 0 fully saturated rings. The molecule has 1 aliphatic heterocycles. The summed E-state index contributed by atoms with van der Waals surface area (Å²) in [4.78, 5) is 20.8. The summed E-state index contributed by atoms with van der Waals surface area (Å²) in [6.07, 6.45) is 0. The van der Waals surface area contributed by atoms with E-state index in [0.717, 1.165) is 60.5 Å². The molecule has 0 atom stereocenters. The number of amidine groups is 1. The first-order chi connectivity index (χ1) is 19.9. The Kier molecular flexibility index (Phi) is 12.4. The molecule has 1 aliphatic rings. The largest absolute Gasteiger partial charge is 0.399 e. The monoisotopic (exact) mass is 691 g/mol. The summed E-state index contributed by atoms with van der Waals surface area (Å²) in [5.41, 5.74) is 16.9. The molecule has 6 aromatic rings. The van der Waals surface area contributed by atoms with Gasteiger partial charge in [0.1, 0.15) is 0 Å². The van der Waals surface area contributed by atoms with Gasteiger partial charge < -0.3 is 11.1 Å². The lowest BCUT2D eigenvalue weighted by atomic mass is 10.3. The highest BCUT2D eigenvalue weighted by atomic mass is 35.5. The van der Waals surface area contributed by atoms with Gasteiger partial charge in [0.2, 0.25) is 0 Å². The number of thiazole rings is 3. The summed E-state index contributed by atoms with van der Waals surface area (Å²) in [5, 5.41) is 6.67. The predicted molar refractivity (Wildman–Crippen MR) is 191 cm³/mol. The van der Waals surface area contributed by atoms with E-state index in [1.165, 1.54) is 4.70 Å². The maximum Gasteiger partial charge on any atom is 0.169 e. The second-order valence-corrected chi connectivity index (χ2v) is 13.4. The highest BCUT2D eigenvalue weighted by Crippen LogP contribution is 2.24. The lowest BCUT2D eigenvalue weighted by Crippen LogP contribution is -2.04. The highest BCUT2D eigenvalue weighted by molar-refractivity contribution is 8.14. The maximum absolute atomic E-state index is 5.56. The van der Waals surface area contributed by atoms with Crippen LogP contribution in [0.5, 0.6) is 0 Å². The number of hydrogen-bond acceptors (Lipinski definition) is 13. The van der Waals surface area contributed by atoms with Crippen molar-refractivity contribution in [3.05, 3.63) is 71.1 Å². The number of aromatic nitrogens is 3. The number of rotatable bonds is 2. The maximum atomic E-state index is 5.56. The van der Waals surface area contributed by atoms with E-state index in [2.05, 4.69) is 65.9 Å². The van der Waals surface area contributed by atoms with Crippen LogP contribution in [0.25, 0.3) is 30.6 Å². The molecule has 0 aliphatic carbocycles. The number of aliphatic imine (C=N–C) groups is 2. The molecule has 0 unspecified atom stereocenters. The molecule has 0 saturated heterocycles. The van der Waals surface area contributed by atoms with Gasteiger partial charge in [-0.3, -0.25) is 4.99 Å². The topological polar surface area (TPSA) is 101 Å². The number of thiocarbonyl (C=S) groups is 2. The van der Waals surface area contributed by atoms with Crippen LogP contribution in [0.3, 0.4) is 0 Å². The van der Waals surface area contributed by atoms with Crippen molar-refractivity contribution in [2.45, 2.75) is 0 Å². The smallest absolute Gasteiger partial charge is 0.169 e. The van der Waals surface area contributed by atoms with Crippen LogP contribution in [0.2, 0.25) is 0 Å². The Morgan fingerprint density at radius 2 is 1.41 bits per heavy atom. The van der Waals surface area contributed by atoms with E-state index < -0.39 is 0 Å². The summed E-state index contributed by atoms with van der Waals surface area (Å²) >= 11 is 24.8. The van der Waals surface area contributed by atoms with E-state index in [1.807, 2.05) is 65.1 Å². The van der Waals surface area contributed by atoms with Crippen LogP contribution >= 0.6 is 93.4 Å². The summed E-state index contributed by atoms with van der Waals surface area (Å²) < 4.78 is 3.44. The fourth-order valence-electron chi connectivity index (χ4n) is 3.30. The van der Waals surface area contributed by atoms with Crippen LogP contribution in [0.4, 0.5) is 17.1 Å². The van der Waals surface area contributed by atoms with E-state index in [9.17, 15) is 0 Å². The molecule has 0 bridgehead atoms. The number of benzene rings is 3. The number of nitrogens with one attached hydrogen (secondary N) is 1. The van der Waals surface area contributed by atoms with Gasteiger partial charge >= 0.3 is 0 Å². The molecule has 3 aromatic heterocycles. The molecular weight excluding hydrogens is 674 g/mol. The van der Waals surface area contributed by atoms with E-state index in [0.29, 0.717) is 0 Å². The molecule has 0 spiro atoms. The first-order valence-electron chi connectivity index (χ1n) is 11.5. The van der Waals surface area contributed by atoms with Gasteiger partial charge in [-0.1, -0.05) is 47.2 Å². The van der Waals surface area contributed by atoms with Crippen molar-refractivity contribution < 1.29 is 0 Å². The van der Waals surface area contributed by atoms with Gasteiger partial charge in [-0.15, -0.1) is 34.0 Å². The van der Waals surface area contributed by atoms with Gasteiger partial charge in [-0.05, 0) is 66.8 Å². The van der Waals surface area contributed by atoms with E-state index >= 15 is 0 Å². The molecule has 3 aromatic carbocycles. The number of halogens is 2. The molecule has 4 heterocycles. The second-order valence-electron chi connectivity index (χ2n) is 7.71. The van der Waals surface area contributed by atoms with Crippen LogP contribution in [0.1, 0.15) is 0 Å². The minimum absolute atomic E-state index is 0.0556. The molecule has 7 nitrogen and oxygen atoms in total. The number of nitrogens with two attached hydrogens (primary N) is 1. The fourth-order valence-corrected chi connectivity index (χ4v) is 6.31. The van der Waals surface area contributed by atoms with Gasteiger partial charge in [0, 0.05) is 17.1 Å². The van der Waals surface area contributed by atoms with Crippen molar-refractivity contribution in [3.63, 3.8) is 0 Å². The van der Waals surface area contributed by atoms with Crippen molar-refractivity contribution in [1.82, 2.24) is 15.0 Å². The summed E-state index contributed by atoms with van der Waals surface area (Å²) in [5.74, 6) is 1.09. The Morgan fingerprint density at radius 3 is 2.00 bits per heavy atom. The first-order valence-corrected chi connectivity index (χ1v) is 16.7. The van der Waals surface area contributed by atoms with Gasteiger partial charge in [0.25, 0.3) is 0 Å². The van der Waals surface area contributed by atoms with Crippen LogP contribution in [-0.4, -0.2) is 41.4 Å². The van der Waals surface area contributed by atoms with Crippen molar-refractivity contribution in [2.24, 2.45) is 9.98 Å². The molecule has 0 saturated carbocycles. The highest BCUT2D eigenvalue weighted by Gasteiger charge is 2.07. The predicted octanol–water partition coefficient (Wildman–Crippen LogP) is 9.47. The van der Waals surface area contributed by atoms with Crippen molar-refractivity contribution in [3.8, 4) is 0 Å². The number of nitrogens with zero attached hydrogens (tertiary/aromatic N) is 5. The van der Waals surface area contributed by atoms with Crippen molar-refractivity contribution in [1.29, 1.82) is 0 Å². The number of thioether (sulfide) groups is 1. The zero-order valence-electron chi connectivity index (χ0n) is 20.9. The Balaban J connectivity index is 0.000000135. The van der Waals surface area contributed by atoms with E-state index in [-0.39, 0.29) is 3.78 Å². The first kappa shape index (κ1) is 31.4. The van der Waals surface area contributed by atoms with E-state index in [4.69, 9.17) is 28.9 Å². The summed E-state index contributed by atoms with van der Waals surface area (Å²) in [7, 11) is 0. The Hall–Kier alpha value is -2.58. The molecule has 15 heteroatoms. The van der Waals surface area contributed by atoms with Crippen molar-refractivity contribution in [2.75, 3.05) is 23.3 Å². The van der Waals surface area contributed by atoms with Crippen LogP contribution in [-0.2, 0) is 0 Å². The lowest BCUT2D eigenvalue weighted by molar-refractivity contribution is 1.17. The number of anilines is 2. The molecule has 7 rings (SSSR count). The molecule has 41 heavy (non-hydrogen) atoms. The number of isothiocyanates is 1. The SMILES string of the molecule is Nc1ccc2ncsc2c1.S=C(Cl)Cl.S=C=Nc1ccc2ncsc2c1.c1nc2ccc(NC3=NCCS3)cc2s1. The quantitative estimate of drug-likeness (QED) is 0.0801. The number of hydrogen-bond donors (Lipinski definition) is 2. The van der Waals surface area contributed by atoms with Crippen LogP contribution < -0.4 is 11.1 Å². The van der Waals surface area contributed by atoms with Gasteiger partial charge in [-0.2, -0.15) is 4.99 Å². The Bertz CT molecular complexity index is 1840. The minimum atomic E-state index is -0.0556. The van der Waals surface area contributed by atoms with Crippen molar-refractivity contribution >= 4 is 155 Å². The lowest BCUT2D eigenvalue weighted by Gasteiger charge is -2.04. The zero-order chi connectivity index (χ0) is 29.0. The Morgan fingerprint density at radius 1 is 0.854 bits per heavy atom. The van der Waals surface area contributed by atoms with Gasteiger partial charge in [-0.25, -0.2) is 15.0 Å². The third-order valence-corrected chi connectivity index (χ3v) is 8.37. The normalized spacial score (nSPS) is 11.7. The third-order valence-electron chi connectivity index (χ3n) is 5.01. The molecule has 0 amide bonds. The average Bonchev–Trinajstić information content (AvgIpc) is 3.76. The number of fused-ring (bicyclic) bond motifs is 3. The standard InChI is InChI=1S/C10H9N3S2.C8H4N2S2.C7H6N2S.CCl2S/c1-2-8-9(15-6-12-8)5-7(1)13-10-11-3-4-14-10;11-4-9-6-1-2-7-8(3-6)12-5-10-7;8-5-1-2-6-7(3-5)10-4-9-6;2-1(3)4/h1-2,5-6H,3-4H2,(H,11,13);1-3,5H;1-4H,8H2;. The molecule has 0 radical (unpaired) electrons.